The van der Waals surface area contributed by atoms with Crippen LogP contribution >= 0.6 is 23.1 Å². The van der Waals surface area contributed by atoms with Crippen molar-refractivity contribution in [2.45, 2.75) is 43.6 Å². The van der Waals surface area contributed by atoms with Gasteiger partial charge >= 0.3 is 0 Å². The van der Waals surface area contributed by atoms with Crippen molar-refractivity contribution in [1.82, 2.24) is 10.2 Å². The molecular formula is C14H15N3OS2. The first-order valence-electron chi connectivity index (χ1n) is 6.67. The van der Waals surface area contributed by atoms with Crippen LogP contribution in [0.25, 0.3) is 10.8 Å². The molecule has 1 aliphatic rings. The van der Waals surface area contributed by atoms with Crippen molar-refractivity contribution in [2.75, 3.05) is 0 Å². The Hall–Kier alpha value is -1.32. The van der Waals surface area contributed by atoms with E-state index in [0.717, 1.165) is 23.6 Å². The van der Waals surface area contributed by atoms with Crippen LogP contribution < -0.4 is 0 Å². The molecule has 0 radical (unpaired) electrons. The van der Waals surface area contributed by atoms with Crippen LogP contribution in [0.2, 0.25) is 0 Å². The molecule has 0 saturated carbocycles. The molecule has 0 aromatic carbocycles. The highest BCUT2D eigenvalue weighted by Gasteiger charge is 2.21. The fourth-order valence-electron chi connectivity index (χ4n) is 2.35. The smallest absolute Gasteiger partial charge is 0.278 e. The molecule has 2 atom stereocenters. The van der Waals surface area contributed by atoms with Crippen molar-refractivity contribution >= 4 is 23.1 Å². The normalized spacial score (nSPS) is 19.4. The zero-order valence-electron chi connectivity index (χ0n) is 11.4. The predicted molar refractivity (Wildman–Crippen MR) is 79.7 cm³/mol. The average molecular weight is 305 g/mol. The molecule has 2 aromatic heterocycles. The number of fused-ring (bicyclic) bond motifs is 1. The lowest BCUT2D eigenvalue weighted by atomic mass is 9.90. The Morgan fingerprint density at radius 3 is 3.20 bits per heavy atom. The van der Waals surface area contributed by atoms with Gasteiger partial charge in [-0.05, 0) is 55.5 Å². The van der Waals surface area contributed by atoms with Gasteiger partial charge in [-0.3, -0.25) is 0 Å². The molecule has 0 saturated heterocycles. The molecule has 6 heteroatoms. The Balaban J connectivity index is 1.82. The van der Waals surface area contributed by atoms with Gasteiger partial charge in [0.25, 0.3) is 11.1 Å². The van der Waals surface area contributed by atoms with Crippen LogP contribution in [0, 0.1) is 17.2 Å². The molecule has 4 nitrogen and oxygen atoms in total. The van der Waals surface area contributed by atoms with Gasteiger partial charge in [0.1, 0.15) is 0 Å². The molecular weight excluding hydrogens is 290 g/mol. The van der Waals surface area contributed by atoms with Gasteiger partial charge < -0.3 is 4.42 Å². The second-order valence-corrected chi connectivity index (χ2v) is 7.60. The molecule has 2 heterocycles. The van der Waals surface area contributed by atoms with Crippen molar-refractivity contribution in [3.8, 4) is 16.8 Å². The molecule has 0 spiro atoms. The van der Waals surface area contributed by atoms with Crippen molar-refractivity contribution in [2.24, 2.45) is 5.92 Å². The molecule has 104 valence electrons. The number of aryl methyl sites for hydroxylation is 1. The lowest BCUT2D eigenvalue weighted by Crippen LogP contribution is -2.07. The largest absolute Gasteiger partial charge is 0.410 e. The number of hydrogen-bond donors (Lipinski definition) is 0. The standard InChI is InChI=1S/C14H15N3OS2/c1-8-3-4-11-10(5-8)6-12(20-11)13-16-17-14(18-13)19-9(2)7-15/h6,8-9H,3-5H2,1-2H3/t8-,9+/m0/s1. The van der Waals surface area contributed by atoms with Gasteiger partial charge in [0.2, 0.25) is 0 Å². The number of thioether (sulfide) groups is 1. The van der Waals surface area contributed by atoms with E-state index in [0.29, 0.717) is 11.1 Å². The van der Waals surface area contributed by atoms with Gasteiger partial charge in [0.05, 0.1) is 16.2 Å². The second kappa shape index (κ2) is 5.58. The predicted octanol–water partition coefficient (Wildman–Crippen LogP) is 3.93. The zero-order valence-corrected chi connectivity index (χ0v) is 13.1. The van der Waals surface area contributed by atoms with Crippen molar-refractivity contribution in [1.29, 1.82) is 5.26 Å². The van der Waals surface area contributed by atoms with E-state index < -0.39 is 0 Å². The van der Waals surface area contributed by atoms with E-state index in [1.54, 1.807) is 11.3 Å². The number of nitriles is 1. The van der Waals surface area contributed by atoms with E-state index in [9.17, 15) is 0 Å². The number of thiophene rings is 1. The summed E-state index contributed by atoms with van der Waals surface area (Å²) in [4.78, 5) is 2.50. The topological polar surface area (TPSA) is 62.7 Å². The van der Waals surface area contributed by atoms with Crippen LogP contribution in [0.1, 0.15) is 30.7 Å². The van der Waals surface area contributed by atoms with Crippen molar-refractivity contribution in [3.05, 3.63) is 16.5 Å². The van der Waals surface area contributed by atoms with Gasteiger partial charge in [-0.25, -0.2) is 0 Å². The second-order valence-electron chi connectivity index (χ2n) is 5.17. The summed E-state index contributed by atoms with van der Waals surface area (Å²) in [7, 11) is 0. The number of hydrogen-bond acceptors (Lipinski definition) is 6. The van der Waals surface area contributed by atoms with Crippen LogP contribution in [-0.2, 0) is 12.8 Å². The Kier molecular flexibility index (Phi) is 3.81. The van der Waals surface area contributed by atoms with Gasteiger partial charge in [-0.2, -0.15) is 5.26 Å². The van der Waals surface area contributed by atoms with Crippen LogP contribution in [0.5, 0.6) is 0 Å². The third-order valence-corrected chi connectivity index (χ3v) is 5.46. The average Bonchev–Trinajstić information content (AvgIpc) is 3.04. The van der Waals surface area contributed by atoms with E-state index >= 15 is 0 Å². The SMILES string of the molecule is C[C@H]1CCc2sc(-c3nnc(S[C@H](C)C#N)o3)cc2C1. The summed E-state index contributed by atoms with van der Waals surface area (Å²) in [6, 6.07) is 4.33. The monoisotopic (exact) mass is 305 g/mol. The first-order chi connectivity index (χ1) is 9.65. The van der Waals surface area contributed by atoms with E-state index in [2.05, 4.69) is 29.3 Å². The maximum absolute atomic E-state index is 8.80. The molecule has 20 heavy (non-hydrogen) atoms. The quantitative estimate of drug-likeness (QED) is 0.804. The first kappa shape index (κ1) is 13.7. The lowest BCUT2D eigenvalue weighted by Gasteiger charge is -2.16. The summed E-state index contributed by atoms with van der Waals surface area (Å²) in [6.45, 7) is 4.12. The highest BCUT2D eigenvalue weighted by molar-refractivity contribution is 7.99. The maximum atomic E-state index is 8.80. The summed E-state index contributed by atoms with van der Waals surface area (Å²) in [5.74, 6) is 1.33. The zero-order chi connectivity index (χ0) is 14.1. The Morgan fingerprint density at radius 2 is 2.40 bits per heavy atom. The summed E-state index contributed by atoms with van der Waals surface area (Å²) >= 11 is 3.06. The Morgan fingerprint density at radius 1 is 1.55 bits per heavy atom. The summed E-state index contributed by atoms with van der Waals surface area (Å²) in [5, 5.41) is 17.2. The number of aromatic nitrogens is 2. The minimum Gasteiger partial charge on any atom is -0.410 e. The van der Waals surface area contributed by atoms with Gasteiger partial charge in [-0.1, -0.05) is 6.92 Å². The third kappa shape index (κ3) is 2.74. The fourth-order valence-corrected chi connectivity index (χ4v) is 4.05. The minimum atomic E-state index is -0.180. The van der Waals surface area contributed by atoms with Gasteiger partial charge in [-0.15, -0.1) is 21.5 Å². The molecule has 0 fully saturated rings. The summed E-state index contributed by atoms with van der Waals surface area (Å²) in [6.07, 6.45) is 3.56. The molecule has 2 aromatic rings. The van der Waals surface area contributed by atoms with Crippen molar-refractivity contribution < 1.29 is 4.42 Å². The van der Waals surface area contributed by atoms with Gasteiger partial charge in [0.15, 0.2) is 0 Å². The molecule has 0 aliphatic heterocycles. The fraction of sp³-hybridized carbons (Fsp3) is 0.500. The van der Waals surface area contributed by atoms with Crippen LogP contribution in [0.4, 0.5) is 0 Å². The Bertz CT molecular complexity index is 656. The number of rotatable bonds is 3. The minimum absolute atomic E-state index is 0.180. The first-order valence-corrected chi connectivity index (χ1v) is 8.37. The molecule has 0 unspecified atom stereocenters. The molecule has 0 N–H and O–H groups in total. The molecule has 1 aliphatic carbocycles. The molecule has 0 amide bonds. The maximum Gasteiger partial charge on any atom is 0.278 e. The van der Waals surface area contributed by atoms with E-state index in [1.807, 2.05) is 6.92 Å². The summed E-state index contributed by atoms with van der Waals surface area (Å²) in [5.41, 5.74) is 1.43. The van der Waals surface area contributed by atoms with Crippen LogP contribution in [-0.4, -0.2) is 15.4 Å². The van der Waals surface area contributed by atoms with E-state index in [-0.39, 0.29) is 5.25 Å². The van der Waals surface area contributed by atoms with E-state index in [4.69, 9.17) is 9.68 Å². The van der Waals surface area contributed by atoms with Crippen LogP contribution in [0.3, 0.4) is 0 Å². The summed E-state index contributed by atoms with van der Waals surface area (Å²) < 4.78 is 5.65. The highest BCUT2D eigenvalue weighted by Crippen LogP contribution is 2.37. The molecule has 3 rings (SSSR count). The molecule has 0 bridgehead atoms. The lowest BCUT2D eigenvalue weighted by molar-refractivity contribution is 0.466. The number of nitrogens with zero attached hydrogens (tertiary/aromatic N) is 3. The van der Waals surface area contributed by atoms with Gasteiger partial charge in [0, 0.05) is 4.88 Å². The highest BCUT2D eigenvalue weighted by atomic mass is 32.2. The van der Waals surface area contributed by atoms with E-state index in [1.165, 1.54) is 28.6 Å². The van der Waals surface area contributed by atoms with Crippen LogP contribution in [0.15, 0.2) is 15.7 Å². The third-order valence-electron chi connectivity index (χ3n) is 3.41. The van der Waals surface area contributed by atoms with Crippen molar-refractivity contribution in [3.63, 3.8) is 0 Å². The Labute approximate surface area is 126 Å².